The molecule has 0 spiro atoms. The molecule has 27 heavy (non-hydrogen) atoms. The van der Waals surface area contributed by atoms with Crippen molar-refractivity contribution in [2.45, 2.75) is 39.3 Å². The third kappa shape index (κ3) is 3.98. The molecular weight excluding hydrogens is 342 g/mol. The summed E-state index contributed by atoms with van der Waals surface area (Å²) >= 11 is 0. The number of nitrogens with one attached hydrogen (secondary N) is 1. The number of nitrogens with zero attached hydrogens (tertiary/aromatic N) is 4. The van der Waals surface area contributed by atoms with Crippen LogP contribution in [0.15, 0.2) is 24.4 Å². The van der Waals surface area contributed by atoms with Crippen molar-refractivity contribution < 1.29 is 9.53 Å². The van der Waals surface area contributed by atoms with Crippen LogP contribution in [0, 0.1) is 19.8 Å². The van der Waals surface area contributed by atoms with Crippen LogP contribution >= 0.6 is 0 Å². The molecule has 3 heterocycles. The predicted molar refractivity (Wildman–Crippen MR) is 102 cm³/mol. The van der Waals surface area contributed by atoms with Gasteiger partial charge in [-0.1, -0.05) is 23.4 Å². The summed E-state index contributed by atoms with van der Waals surface area (Å²) in [6, 6.07) is 6.12. The minimum Gasteiger partial charge on any atom is -0.486 e. The molecule has 1 amide bonds. The van der Waals surface area contributed by atoms with Gasteiger partial charge in [0.15, 0.2) is 5.69 Å². The van der Waals surface area contributed by atoms with Crippen molar-refractivity contribution in [3.63, 3.8) is 0 Å². The van der Waals surface area contributed by atoms with Crippen molar-refractivity contribution in [3.05, 3.63) is 41.2 Å². The summed E-state index contributed by atoms with van der Waals surface area (Å²) < 4.78 is 7.89. The molecule has 0 radical (unpaired) electrons. The van der Waals surface area contributed by atoms with Crippen molar-refractivity contribution in [1.82, 2.24) is 25.2 Å². The Labute approximate surface area is 159 Å². The molecule has 4 rings (SSSR count). The van der Waals surface area contributed by atoms with Crippen molar-refractivity contribution in [2.24, 2.45) is 5.92 Å². The van der Waals surface area contributed by atoms with Gasteiger partial charge in [-0.2, -0.15) is 0 Å². The Morgan fingerprint density at radius 3 is 2.78 bits per heavy atom. The van der Waals surface area contributed by atoms with Crippen LogP contribution in [0.2, 0.25) is 0 Å². The zero-order chi connectivity index (χ0) is 18.8. The van der Waals surface area contributed by atoms with Crippen molar-refractivity contribution in [2.75, 3.05) is 26.2 Å². The van der Waals surface area contributed by atoms with Crippen LogP contribution in [-0.2, 0) is 6.54 Å². The van der Waals surface area contributed by atoms with E-state index >= 15 is 0 Å². The Kier molecular flexibility index (Phi) is 5.11. The van der Waals surface area contributed by atoms with Gasteiger partial charge in [0, 0.05) is 6.54 Å². The minimum atomic E-state index is -0.0654. The summed E-state index contributed by atoms with van der Waals surface area (Å²) in [5.74, 6) is 1.42. The van der Waals surface area contributed by atoms with Gasteiger partial charge in [0.2, 0.25) is 0 Å². The molecule has 0 aliphatic carbocycles. The van der Waals surface area contributed by atoms with Crippen LogP contribution < -0.4 is 10.1 Å². The Bertz CT molecular complexity index is 786. The third-order valence-electron chi connectivity index (χ3n) is 5.43. The maximum absolute atomic E-state index is 12.6. The lowest BCUT2D eigenvalue weighted by molar-refractivity contribution is 0.0168. The van der Waals surface area contributed by atoms with Crippen LogP contribution in [0.4, 0.5) is 0 Å². The Morgan fingerprint density at radius 2 is 2.07 bits per heavy atom. The molecule has 2 aliphatic rings. The number of carbonyl (C=O) groups is 1. The summed E-state index contributed by atoms with van der Waals surface area (Å²) in [7, 11) is 0. The van der Waals surface area contributed by atoms with Crippen LogP contribution in [-0.4, -0.2) is 58.1 Å². The Morgan fingerprint density at radius 1 is 1.30 bits per heavy atom. The molecule has 1 aromatic heterocycles. The molecule has 1 N–H and O–H groups in total. The third-order valence-corrected chi connectivity index (χ3v) is 5.43. The van der Waals surface area contributed by atoms with Gasteiger partial charge in [-0.05, 0) is 56.8 Å². The molecule has 144 valence electrons. The number of hydrogen-bond donors (Lipinski definition) is 1. The fourth-order valence-corrected chi connectivity index (χ4v) is 3.82. The minimum absolute atomic E-state index is 0.0390. The first-order chi connectivity index (χ1) is 13.1. The molecule has 7 nitrogen and oxygen atoms in total. The topological polar surface area (TPSA) is 72.3 Å². The number of aryl methyl sites for hydroxylation is 2. The highest BCUT2D eigenvalue weighted by atomic mass is 16.5. The van der Waals surface area contributed by atoms with Gasteiger partial charge in [-0.15, -0.1) is 5.10 Å². The number of rotatable bonds is 5. The fraction of sp³-hybridized carbons (Fsp3) is 0.550. The highest BCUT2D eigenvalue weighted by molar-refractivity contribution is 5.92. The molecule has 1 aromatic carbocycles. The number of ether oxygens (including phenoxy) is 1. The molecule has 1 atom stereocenters. The van der Waals surface area contributed by atoms with E-state index in [-0.39, 0.29) is 12.0 Å². The van der Waals surface area contributed by atoms with E-state index in [1.165, 1.54) is 12.8 Å². The van der Waals surface area contributed by atoms with Crippen LogP contribution in [0.5, 0.6) is 5.75 Å². The van der Waals surface area contributed by atoms with Gasteiger partial charge >= 0.3 is 0 Å². The van der Waals surface area contributed by atoms with Gasteiger partial charge in [0.1, 0.15) is 11.9 Å². The van der Waals surface area contributed by atoms with Crippen LogP contribution in [0.25, 0.3) is 0 Å². The number of hydrogen-bond acceptors (Lipinski definition) is 5. The summed E-state index contributed by atoms with van der Waals surface area (Å²) in [5.41, 5.74) is 2.67. The fourth-order valence-electron chi connectivity index (χ4n) is 3.82. The van der Waals surface area contributed by atoms with E-state index < -0.39 is 0 Å². The lowest BCUT2D eigenvalue weighted by atomic mass is 10.00. The second-order valence-corrected chi connectivity index (χ2v) is 7.71. The molecule has 2 aromatic rings. The summed E-state index contributed by atoms with van der Waals surface area (Å²) in [5, 5.41) is 11.6. The van der Waals surface area contributed by atoms with Gasteiger partial charge in [-0.25, -0.2) is 0 Å². The van der Waals surface area contributed by atoms with Crippen LogP contribution in [0.1, 0.15) is 34.5 Å². The molecule has 2 saturated heterocycles. The SMILES string of the molecule is Cc1cccc(C)c1OC1CN(C(=O)c2cn(C[C@@H]3CCCNC3)nn2)C1. The first-order valence-electron chi connectivity index (χ1n) is 9.73. The van der Waals surface area contributed by atoms with E-state index in [1.807, 2.05) is 32.0 Å². The quantitative estimate of drug-likeness (QED) is 0.870. The molecule has 0 unspecified atom stereocenters. The van der Waals surface area contributed by atoms with E-state index in [1.54, 1.807) is 15.8 Å². The zero-order valence-corrected chi connectivity index (χ0v) is 16.0. The Balaban J connectivity index is 1.30. The van der Waals surface area contributed by atoms with Crippen molar-refractivity contribution in [3.8, 4) is 5.75 Å². The maximum Gasteiger partial charge on any atom is 0.276 e. The summed E-state index contributed by atoms with van der Waals surface area (Å²) in [4.78, 5) is 14.4. The van der Waals surface area contributed by atoms with Gasteiger partial charge in [0.05, 0.1) is 19.3 Å². The number of amides is 1. The molecule has 7 heteroatoms. The van der Waals surface area contributed by atoms with Crippen molar-refractivity contribution >= 4 is 5.91 Å². The number of likely N-dealkylation sites (tertiary alicyclic amines) is 1. The lowest BCUT2D eigenvalue weighted by Crippen LogP contribution is -2.56. The normalized spacial score (nSPS) is 20.4. The molecule has 2 aliphatic heterocycles. The van der Waals surface area contributed by atoms with E-state index in [0.717, 1.165) is 36.5 Å². The average Bonchev–Trinajstić information content (AvgIpc) is 3.09. The lowest BCUT2D eigenvalue weighted by Gasteiger charge is -2.39. The van der Waals surface area contributed by atoms with E-state index in [9.17, 15) is 4.79 Å². The number of piperidine rings is 1. The predicted octanol–water partition coefficient (Wildman–Crippen LogP) is 1.80. The Hall–Kier alpha value is -2.41. The van der Waals surface area contributed by atoms with Gasteiger partial charge in [-0.3, -0.25) is 9.48 Å². The monoisotopic (exact) mass is 369 g/mol. The van der Waals surface area contributed by atoms with E-state index in [4.69, 9.17) is 4.74 Å². The maximum atomic E-state index is 12.6. The molecule has 0 bridgehead atoms. The second kappa shape index (κ2) is 7.68. The van der Waals surface area contributed by atoms with E-state index in [2.05, 4.69) is 15.6 Å². The first-order valence-corrected chi connectivity index (χ1v) is 9.73. The van der Waals surface area contributed by atoms with Gasteiger partial charge in [0.25, 0.3) is 5.91 Å². The van der Waals surface area contributed by atoms with Crippen LogP contribution in [0.3, 0.4) is 0 Å². The number of para-hydroxylation sites is 1. The largest absolute Gasteiger partial charge is 0.486 e. The molecule has 0 saturated carbocycles. The zero-order valence-electron chi connectivity index (χ0n) is 16.0. The second-order valence-electron chi connectivity index (χ2n) is 7.71. The van der Waals surface area contributed by atoms with E-state index in [0.29, 0.717) is 24.7 Å². The average molecular weight is 369 g/mol. The smallest absolute Gasteiger partial charge is 0.276 e. The number of benzene rings is 1. The molecule has 2 fully saturated rings. The summed E-state index contributed by atoms with van der Waals surface area (Å²) in [6.07, 6.45) is 4.20. The highest BCUT2D eigenvalue weighted by Gasteiger charge is 2.34. The number of aromatic nitrogens is 3. The van der Waals surface area contributed by atoms with Gasteiger partial charge < -0.3 is 15.0 Å². The number of carbonyl (C=O) groups excluding carboxylic acids is 1. The summed E-state index contributed by atoms with van der Waals surface area (Å²) in [6.45, 7) is 8.18. The highest BCUT2D eigenvalue weighted by Crippen LogP contribution is 2.26. The standard InChI is InChI=1S/C20H27N5O2/c1-14-5-3-6-15(2)19(14)27-17-11-24(12-17)20(26)18-13-25(23-22-18)10-16-7-4-8-21-9-16/h3,5-6,13,16-17,21H,4,7-12H2,1-2H3/t16-/m1/s1. The first kappa shape index (κ1) is 18.0. The van der Waals surface area contributed by atoms with Crippen molar-refractivity contribution in [1.29, 1.82) is 0 Å². The molecular formula is C20H27N5O2.